The first kappa shape index (κ1) is 14.9. The highest BCUT2D eigenvalue weighted by Crippen LogP contribution is 2.40. The summed E-state index contributed by atoms with van der Waals surface area (Å²) in [6.45, 7) is 6.55. The largest absolute Gasteiger partial charge is 0.390 e. The number of aromatic nitrogens is 2. The molecule has 0 bridgehead atoms. The Morgan fingerprint density at radius 1 is 1.26 bits per heavy atom. The normalized spacial score (nSPS) is 27.3. The molecule has 2 rings (SSSR count). The fourth-order valence-electron chi connectivity index (χ4n) is 3.10. The summed E-state index contributed by atoms with van der Waals surface area (Å²) >= 11 is 6.28. The lowest BCUT2D eigenvalue weighted by Crippen LogP contribution is -2.31. The van der Waals surface area contributed by atoms with Gasteiger partial charge < -0.3 is 5.11 Å². The minimum atomic E-state index is -0.620. The lowest BCUT2D eigenvalue weighted by Gasteiger charge is -2.28. The number of hydrogen-bond donors (Lipinski definition) is 1. The summed E-state index contributed by atoms with van der Waals surface area (Å²) in [6.07, 6.45) is 5.68. The summed E-state index contributed by atoms with van der Waals surface area (Å²) in [5, 5.41) is 15.9. The van der Waals surface area contributed by atoms with E-state index < -0.39 is 5.60 Å². The molecular formula is C15H25ClN2O. The van der Waals surface area contributed by atoms with Crippen molar-refractivity contribution in [2.24, 2.45) is 12.5 Å². The predicted molar refractivity (Wildman–Crippen MR) is 78.5 cm³/mol. The molecule has 1 aliphatic rings. The van der Waals surface area contributed by atoms with Crippen LogP contribution in [0.2, 0.25) is 5.15 Å². The van der Waals surface area contributed by atoms with Gasteiger partial charge in [-0.1, -0.05) is 31.9 Å². The molecule has 1 aliphatic carbocycles. The molecule has 0 amide bonds. The third-order valence-corrected chi connectivity index (χ3v) is 5.01. The lowest BCUT2D eigenvalue weighted by atomic mass is 9.83. The molecule has 1 aromatic heterocycles. The molecule has 3 nitrogen and oxygen atoms in total. The van der Waals surface area contributed by atoms with Crippen molar-refractivity contribution >= 4 is 11.6 Å². The average molecular weight is 285 g/mol. The minimum Gasteiger partial charge on any atom is -0.390 e. The van der Waals surface area contributed by atoms with E-state index >= 15 is 0 Å². The Bertz CT molecular complexity index is 467. The van der Waals surface area contributed by atoms with Gasteiger partial charge >= 0.3 is 0 Å². The molecule has 108 valence electrons. The molecule has 1 fully saturated rings. The van der Waals surface area contributed by atoms with Gasteiger partial charge in [-0.15, -0.1) is 0 Å². The molecule has 0 saturated heterocycles. The second-order valence-electron chi connectivity index (χ2n) is 6.90. The van der Waals surface area contributed by atoms with Crippen LogP contribution in [0.25, 0.3) is 0 Å². The molecule has 19 heavy (non-hydrogen) atoms. The number of rotatable bonds is 2. The third-order valence-electron chi connectivity index (χ3n) is 4.54. The Morgan fingerprint density at radius 3 is 2.53 bits per heavy atom. The zero-order valence-electron chi connectivity index (χ0n) is 12.5. The number of aliphatic hydroxyl groups is 1. The lowest BCUT2D eigenvalue weighted by molar-refractivity contribution is 0.0225. The Balaban J connectivity index is 2.17. The summed E-state index contributed by atoms with van der Waals surface area (Å²) in [4.78, 5) is 0. The van der Waals surface area contributed by atoms with Crippen LogP contribution in [0.1, 0.15) is 57.2 Å². The molecule has 1 N–H and O–H groups in total. The zero-order valence-corrected chi connectivity index (χ0v) is 13.2. The molecule has 1 saturated carbocycles. The van der Waals surface area contributed by atoms with Crippen LogP contribution in [0.4, 0.5) is 0 Å². The maximum atomic E-state index is 10.9. The quantitative estimate of drug-likeness (QED) is 0.842. The molecule has 0 radical (unpaired) electrons. The average Bonchev–Trinajstić information content (AvgIpc) is 2.47. The first-order chi connectivity index (χ1) is 8.72. The molecule has 4 heteroatoms. The molecular weight excluding hydrogens is 260 g/mol. The van der Waals surface area contributed by atoms with E-state index in [2.05, 4.69) is 18.9 Å². The topological polar surface area (TPSA) is 38.0 Å². The van der Waals surface area contributed by atoms with Gasteiger partial charge in [-0.25, -0.2) is 0 Å². The molecule has 1 aromatic rings. The van der Waals surface area contributed by atoms with E-state index in [4.69, 9.17) is 11.6 Å². The van der Waals surface area contributed by atoms with Crippen molar-refractivity contribution in [3.63, 3.8) is 0 Å². The second-order valence-corrected chi connectivity index (χ2v) is 7.26. The van der Waals surface area contributed by atoms with Crippen LogP contribution in [-0.2, 0) is 13.5 Å². The van der Waals surface area contributed by atoms with Gasteiger partial charge in [-0.05, 0) is 38.0 Å². The van der Waals surface area contributed by atoms with Gasteiger partial charge in [0.2, 0.25) is 0 Å². The fraction of sp³-hybridized carbons (Fsp3) is 0.800. The molecule has 0 aromatic carbocycles. The zero-order chi connectivity index (χ0) is 14.3. The predicted octanol–water partition coefficient (Wildman–Crippen LogP) is 3.65. The summed E-state index contributed by atoms with van der Waals surface area (Å²) in [5.74, 6) is 0. The number of aryl methyl sites for hydroxylation is 2. The molecule has 1 heterocycles. The Morgan fingerprint density at radius 2 is 1.95 bits per heavy atom. The van der Waals surface area contributed by atoms with Crippen LogP contribution in [0.15, 0.2) is 0 Å². The Kier molecular flexibility index (Phi) is 3.99. The van der Waals surface area contributed by atoms with Gasteiger partial charge in [0.25, 0.3) is 0 Å². The van der Waals surface area contributed by atoms with Crippen LogP contribution >= 0.6 is 11.6 Å². The minimum absolute atomic E-state index is 0.345. The van der Waals surface area contributed by atoms with Crippen molar-refractivity contribution in [2.45, 2.75) is 64.9 Å². The highest BCUT2D eigenvalue weighted by Gasteiger charge is 2.35. The third kappa shape index (κ3) is 3.32. The van der Waals surface area contributed by atoms with Crippen molar-refractivity contribution in [1.29, 1.82) is 0 Å². The van der Waals surface area contributed by atoms with E-state index in [0.717, 1.165) is 36.9 Å². The van der Waals surface area contributed by atoms with Crippen molar-refractivity contribution in [2.75, 3.05) is 0 Å². The van der Waals surface area contributed by atoms with Crippen molar-refractivity contribution < 1.29 is 5.11 Å². The molecule has 1 atom stereocenters. The summed E-state index contributed by atoms with van der Waals surface area (Å²) in [7, 11) is 1.85. The first-order valence-corrected chi connectivity index (χ1v) is 7.51. The maximum Gasteiger partial charge on any atom is 0.130 e. The summed E-state index contributed by atoms with van der Waals surface area (Å²) < 4.78 is 1.69. The van der Waals surface area contributed by atoms with Gasteiger partial charge in [0.1, 0.15) is 5.15 Å². The number of nitrogens with zero attached hydrogens (tertiary/aromatic N) is 2. The number of hydrogen-bond acceptors (Lipinski definition) is 2. The van der Waals surface area contributed by atoms with E-state index in [0.29, 0.717) is 17.0 Å². The fourth-order valence-corrected chi connectivity index (χ4v) is 3.34. The van der Waals surface area contributed by atoms with Gasteiger partial charge in [-0.3, -0.25) is 4.68 Å². The van der Waals surface area contributed by atoms with Gasteiger partial charge in [0.15, 0.2) is 0 Å². The van der Waals surface area contributed by atoms with E-state index in [1.807, 2.05) is 14.0 Å². The smallest absolute Gasteiger partial charge is 0.130 e. The van der Waals surface area contributed by atoms with Crippen molar-refractivity contribution in [3.8, 4) is 0 Å². The van der Waals surface area contributed by atoms with Crippen LogP contribution in [0.5, 0.6) is 0 Å². The van der Waals surface area contributed by atoms with E-state index in [9.17, 15) is 5.11 Å². The standard InChI is InChI=1S/C15H25ClN2O/c1-11-12(13(16)18(4)17-11)10-15(19)7-5-6-14(2,3)8-9-15/h19H,5-10H2,1-4H3. The van der Waals surface area contributed by atoms with Crippen LogP contribution in [0, 0.1) is 12.3 Å². The monoisotopic (exact) mass is 284 g/mol. The van der Waals surface area contributed by atoms with Crippen LogP contribution < -0.4 is 0 Å². The Hall–Kier alpha value is -0.540. The van der Waals surface area contributed by atoms with Gasteiger partial charge in [0, 0.05) is 19.0 Å². The van der Waals surface area contributed by atoms with E-state index in [1.165, 1.54) is 6.42 Å². The second kappa shape index (κ2) is 5.10. The summed E-state index contributed by atoms with van der Waals surface area (Å²) in [5.41, 5.74) is 1.67. The first-order valence-electron chi connectivity index (χ1n) is 7.13. The highest BCUT2D eigenvalue weighted by molar-refractivity contribution is 6.30. The molecule has 0 aliphatic heterocycles. The molecule has 1 unspecified atom stereocenters. The van der Waals surface area contributed by atoms with Gasteiger partial charge in [-0.2, -0.15) is 5.10 Å². The van der Waals surface area contributed by atoms with Crippen molar-refractivity contribution in [1.82, 2.24) is 9.78 Å². The van der Waals surface area contributed by atoms with E-state index in [1.54, 1.807) is 4.68 Å². The van der Waals surface area contributed by atoms with Crippen molar-refractivity contribution in [3.05, 3.63) is 16.4 Å². The summed E-state index contributed by atoms with van der Waals surface area (Å²) in [6, 6.07) is 0. The van der Waals surface area contributed by atoms with Crippen LogP contribution in [0.3, 0.4) is 0 Å². The highest BCUT2D eigenvalue weighted by atomic mass is 35.5. The van der Waals surface area contributed by atoms with E-state index in [-0.39, 0.29) is 0 Å². The maximum absolute atomic E-state index is 10.9. The molecule has 0 spiro atoms. The SMILES string of the molecule is Cc1nn(C)c(Cl)c1CC1(O)CCCC(C)(C)CC1. The Labute approximate surface area is 121 Å². The number of halogens is 1. The van der Waals surface area contributed by atoms with Crippen LogP contribution in [-0.4, -0.2) is 20.5 Å². The van der Waals surface area contributed by atoms with Gasteiger partial charge in [0.05, 0.1) is 11.3 Å².